The Kier molecular flexibility index (Phi) is 6.16. The van der Waals surface area contributed by atoms with Crippen LogP contribution in [0.1, 0.15) is 5.56 Å². The predicted molar refractivity (Wildman–Crippen MR) is 97.0 cm³/mol. The second kappa shape index (κ2) is 8.57. The third-order valence-electron chi connectivity index (χ3n) is 3.82. The molecule has 1 fully saturated rings. The summed E-state index contributed by atoms with van der Waals surface area (Å²) in [5.74, 6) is -1.67. The first-order valence-electron chi connectivity index (χ1n) is 8.10. The molecule has 1 aliphatic rings. The normalized spacial score (nSPS) is 17.6. The van der Waals surface area contributed by atoms with Gasteiger partial charge in [-0.3, -0.25) is 14.6 Å². The van der Waals surface area contributed by atoms with Crippen molar-refractivity contribution in [2.75, 3.05) is 19.7 Å². The summed E-state index contributed by atoms with van der Waals surface area (Å²) in [6.07, 6.45) is 2.33. The van der Waals surface area contributed by atoms with Gasteiger partial charge in [0.05, 0.1) is 13.2 Å². The Morgan fingerprint density at radius 2 is 2.07 bits per heavy atom. The fourth-order valence-electron chi connectivity index (χ4n) is 2.49. The van der Waals surface area contributed by atoms with Crippen molar-refractivity contribution in [1.82, 2.24) is 19.9 Å². The van der Waals surface area contributed by atoms with E-state index in [-0.39, 0.29) is 30.5 Å². The largest absolute Gasteiger partial charge is 0.359 e. The van der Waals surface area contributed by atoms with Crippen molar-refractivity contribution in [2.45, 2.75) is 17.0 Å². The minimum absolute atomic E-state index is 0.121. The summed E-state index contributed by atoms with van der Waals surface area (Å²) >= 11 is 1.11. The van der Waals surface area contributed by atoms with Crippen LogP contribution in [0, 0.1) is 0 Å². The van der Waals surface area contributed by atoms with E-state index in [2.05, 4.69) is 15.6 Å². The lowest BCUT2D eigenvalue weighted by molar-refractivity contribution is -0.139. The Morgan fingerprint density at radius 1 is 1.26 bits per heavy atom. The molecule has 3 rings (SSSR count). The molecule has 2 N–H and O–H groups in total. The molecule has 27 heavy (non-hydrogen) atoms. The number of carbonyl (C=O) groups is 2. The van der Waals surface area contributed by atoms with Crippen LogP contribution in [0.4, 0.5) is 0 Å². The number of aromatic nitrogens is 1. The van der Waals surface area contributed by atoms with Crippen LogP contribution < -0.4 is 10.6 Å². The maximum Gasteiger partial charge on any atom is 0.309 e. The fourth-order valence-corrected chi connectivity index (χ4v) is 5.12. The van der Waals surface area contributed by atoms with Gasteiger partial charge in [-0.25, -0.2) is 8.42 Å². The smallest absolute Gasteiger partial charge is 0.309 e. The second-order valence-corrected chi connectivity index (χ2v) is 8.69. The van der Waals surface area contributed by atoms with Crippen LogP contribution in [0.3, 0.4) is 0 Å². The Balaban J connectivity index is 1.52. The molecule has 0 aliphatic carbocycles. The fraction of sp³-hybridized carbons (Fsp3) is 0.312. The molecule has 2 amide bonds. The van der Waals surface area contributed by atoms with E-state index < -0.39 is 28.1 Å². The summed E-state index contributed by atoms with van der Waals surface area (Å²) in [5, 5.41) is 6.56. The highest BCUT2D eigenvalue weighted by Crippen LogP contribution is 2.25. The van der Waals surface area contributed by atoms with E-state index in [1.54, 1.807) is 36.0 Å². The number of thiophene rings is 1. The number of sulfonamides is 1. The monoisotopic (exact) mass is 410 g/mol. The third kappa shape index (κ3) is 4.69. The molecule has 2 aromatic rings. The third-order valence-corrected chi connectivity index (χ3v) is 7.08. The topological polar surface area (TPSA) is 118 Å². The van der Waals surface area contributed by atoms with Gasteiger partial charge >= 0.3 is 11.8 Å². The second-order valence-electron chi connectivity index (χ2n) is 5.63. The molecule has 1 aliphatic heterocycles. The van der Waals surface area contributed by atoms with Crippen molar-refractivity contribution in [3.63, 3.8) is 0 Å². The molecule has 0 spiro atoms. The highest BCUT2D eigenvalue weighted by atomic mass is 32.2. The maximum atomic E-state index is 12.6. The molecule has 1 unspecified atom stereocenters. The van der Waals surface area contributed by atoms with E-state index in [4.69, 9.17) is 4.74 Å². The lowest BCUT2D eigenvalue weighted by Crippen LogP contribution is -2.47. The van der Waals surface area contributed by atoms with Gasteiger partial charge in [-0.1, -0.05) is 12.1 Å². The number of nitrogens with zero attached hydrogens (tertiary/aromatic N) is 2. The van der Waals surface area contributed by atoms with E-state index in [1.807, 2.05) is 0 Å². The van der Waals surface area contributed by atoms with Crippen LogP contribution in [0.5, 0.6) is 0 Å². The van der Waals surface area contributed by atoms with Crippen LogP contribution in [-0.2, 0) is 30.9 Å². The Hall–Kier alpha value is -2.34. The molecule has 9 nitrogen and oxygen atoms in total. The zero-order valence-electron chi connectivity index (χ0n) is 14.2. The van der Waals surface area contributed by atoms with E-state index >= 15 is 0 Å². The van der Waals surface area contributed by atoms with E-state index in [0.29, 0.717) is 0 Å². The number of amides is 2. The van der Waals surface area contributed by atoms with Gasteiger partial charge in [-0.2, -0.15) is 4.31 Å². The van der Waals surface area contributed by atoms with Gasteiger partial charge in [0.2, 0.25) is 0 Å². The molecule has 0 radical (unpaired) electrons. The number of hydrogen-bond donors (Lipinski definition) is 2. The van der Waals surface area contributed by atoms with Crippen molar-refractivity contribution in [3.8, 4) is 0 Å². The van der Waals surface area contributed by atoms with Crippen molar-refractivity contribution >= 4 is 33.2 Å². The van der Waals surface area contributed by atoms with Crippen LogP contribution in [-0.4, -0.2) is 55.4 Å². The summed E-state index contributed by atoms with van der Waals surface area (Å²) in [4.78, 5) is 27.7. The zero-order chi connectivity index (χ0) is 19.3. The minimum atomic E-state index is -3.69. The zero-order valence-corrected chi connectivity index (χ0v) is 15.8. The molecule has 3 heterocycles. The Bertz CT molecular complexity index is 887. The molecule has 144 valence electrons. The average molecular weight is 410 g/mol. The molecule has 1 saturated heterocycles. The van der Waals surface area contributed by atoms with Crippen molar-refractivity contribution in [3.05, 3.63) is 47.6 Å². The summed E-state index contributed by atoms with van der Waals surface area (Å²) < 4.78 is 32.0. The Morgan fingerprint density at radius 3 is 2.78 bits per heavy atom. The van der Waals surface area contributed by atoms with Gasteiger partial charge in [0.1, 0.15) is 10.4 Å². The predicted octanol–water partition coefficient (Wildman–Crippen LogP) is -0.0773. The minimum Gasteiger partial charge on any atom is -0.359 e. The maximum absolute atomic E-state index is 12.6. The number of nitrogens with one attached hydrogen (secondary N) is 2. The first-order valence-corrected chi connectivity index (χ1v) is 10.4. The lowest BCUT2D eigenvalue weighted by atomic mass is 10.3. The number of rotatable bonds is 6. The van der Waals surface area contributed by atoms with Gasteiger partial charge in [-0.05, 0) is 23.1 Å². The lowest BCUT2D eigenvalue weighted by Gasteiger charge is -2.22. The van der Waals surface area contributed by atoms with Crippen LogP contribution in [0.25, 0.3) is 0 Å². The molecule has 1 atom stereocenters. The molecule has 0 bridgehead atoms. The average Bonchev–Trinajstić information content (AvgIpc) is 3.37. The molecule has 2 aromatic heterocycles. The quantitative estimate of drug-likeness (QED) is 0.644. The number of carbonyl (C=O) groups excluding carboxylic acids is 2. The number of ether oxygens (including phenoxy) is 1. The SMILES string of the molecule is O=C(NCc1cccnc1)C(=O)NCC1OCCN1S(=O)(=O)c1cccs1. The van der Waals surface area contributed by atoms with E-state index in [9.17, 15) is 18.0 Å². The molecule has 0 saturated carbocycles. The molecular formula is C16H18N4O5S2. The van der Waals surface area contributed by atoms with Gasteiger partial charge in [0, 0.05) is 25.5 Å². The first kappa shape index (κ1) is 19.4. The van der Waals surface area contributed by atoms with Gasteiger partial charge in [0.25, 0.3) is 10.0 Å². The number of pyridine rings is 1. The van der Waals surface area contributed by atoms with Crippen LogP contribution in [0.15, 0.2) is 46.2 Å². The van der Waals surface area contributed by atoms with E-state index in [1.165, 1.54) is 10.4 Å². The van der Waals surface area contributed by atoms with Crippen LogP contribution in [0.2, 0.25) is 0 Å². The van der Waals surface area contributed by atoms with Gasteiger partial charge in [0.15, 0.2) is 0 Å². The first-order chi connectivity index (χ1) is 13.0. The highest BCUT2D eigenvalue weighted by Gasteiger charge is 2.37. The van der Waals surface area contributed by atoms with Crippen molar-refractivity contribution in [1.29, 1.82) is 0 Å². The molecular weight excluding hydrogens is 392 g/mol. The summed E-state index contributed by atoms with van der Waals surface area (Å²) in [6, 6.07) is 6.66. The molecule has 0 aromatic carbocycles. The highest BCUT2D eigenvalue weighted by molar-refractivity contribution is 7.91. The van der Waals surface area contributed by atoms with Gasteiger partial charge in [-0.15, -0.1) is 11.3 Å². The number of hydrogen-bond acceptors (Lipinski definition) is 7. The summed E-state index contributed by atoms with van der Waals surface area (Å²) in [5.41, 5.74) is 0.756. The standard InChI is InChI=1S/C16H18N4O5S2/c21-15(18-10-12-3-1-5-17-9-12)16(22)19-11-13-20(6-7-25-13)27(23,24)14-4-2-8-26-14/h1-5,8-9,13H,6-7,10-11H2,(H,18,21)(H,19,22). The summed E-state index contributed by atoms with van der Waals surface area (Å²) in [6.45, 7) is 0.453. The van der Waals surface area contributed by atoms with Crippen LogP contribution >= 0.6 is 11.3 Å². The van der Waals surface area contributed by atoms with Crippen molar-refractivity contribution < 1.29 is 22.7 Å². The Labute approximate surface area is 160 Å². The molecule has 11 heteroatoms. The van der Waals surface area contributed by atoms with Crippen molar-refractivity contribution in [2.24, 2.45) is 0 Å². The van der Waals surface area contributed by atoms with Gasteiger partial charge < -0.3 is 15.4 Å². The summed E-state index contributed by atoms with van der Waals surface area (Å²) in [7, 11) is -3.69. The van der Waals surface area contributed by atoms with E-state index in [0.717, 1.165) is 16.9 Å².